The van der Waals surface area contributed by atoms with E-state index in [1.165, 1.54) is 11.1 Å². The van der Waals surface area contributed by atoms with E-state index in [1.54, 1.807) is 11.8 Å². The molecule has 106 valence electrons. The number of nitrogen functional groups attached to an aromatic ring is 1. The van der Waals surface area contributed by atoms with Crippen molar-refractivity contribution in [3.8, 4) is 5.75 Å². The van der Waals surface area contributed by atoms with Crippen LogP contribution >= 0.6 is 11.8 Å². The van der Waals surface area contributed by atoms with Crippen LogP contribution in [0.1, 0.15) is 17.5 Å². The molecule has 2 N–H and O–H groups in total. The largest absolute Gasteiger partial charge is 0.493 e. The Hall–Kier alpha value is -1.61. The molecule has 0 bridgehead atoms. The summed E-state index contributed by atoms with van der Waals surface area (Å²) in [6.45, 7) is 4.90. The van der Waals surface area contributed by atoms with E-state index < -0.39 is 0 Å². The summed E-state index contributed by atoms with van der Waals surface area (Å²) in [5, 5.41) is 0. The Morgan fingerprint density at radius 2 is 1.90 bits per heavy atom. The predicted octanol–water partition coefficient (Wildman–Crippen LogP) is 4.45. The van der Waals surface area contributed by atoms with Gasteiger partial charge >= 0.3 is 0 Å². The van der Waals surface area contributed by atoms with Crippen molar-refractivity contribution in [2.24, 2.45) is 0 Å². The van der Waals surface area contributed by atoms with Crippen LogP contribution in [0.5, 0.6) is 5.75 Å². The Balaban J connectivity index is 1.74. The third kappa shape index (κ3) is 4.20. The number of hydrogen-bond donors (Lipinski definition) is 1. The molecule has 0 radical (unpaired) electrons. The second-order valence-electron chi connectivity index (χ2n) is 4.86. The smallest absolute Gasteiger partial charge is 0.122 e. The summed E-state index contributed by atoms with van der Waals surface area (Å²) in [7, 11) is 0. The van der Waals surface area contributed by atoms with Gasteiger partial charge in [0.2, 0.25) is 0 Å². The summed E-state index contributed by atoms with van der Waals surface area (Å²) >= 11 is 1.78. The predicted molar refractivity (Wildman–Crippen MR) is 87.6 cm³/mol. The van der Waals surface area contributed by atoms with Gasteiger partial charge in [0, 0.05) is 16.3 Å². The average Bonchev–Trinajstić information content (AvgIpc) is 2.44. The summed E-state index contributed by atoms with van der Waals surface area (Å²) < 4.78 is 5.84. The second kappa shape index (κ2) is 7.25. The molecule has 0 atom stereocenters. The van der Waals surface area contributed by atoms with E-state index in [0.717, 1.165) is 35.1 Å². The maximum atomic E-state index is 5.91. The zero-order chi connectivity index (χ0) is 14.4. The van der Waals surface area contributed by atoms with Crippen LogP contribution < -0.4 is 10.5 Å². The monoisotopic (exact) mass is 287 g/mol. The highest BCUT2D eigenvalue weighted by Crippen LogP contribution is 2.25. The molecule has 0 saturated heterocycles. The van der Waals surface area contributed by atoms with Crippen molar-refractivity contribution in [3.63, 3.8) is 0 Å². The van der Waals surface area contributed by atoms with Gasteiger partial charge in [0.25, 0.3) is 0 Å². The zero-order valence-corrected chi connectivity index (χ0v) is 12.9. The fraction of sp³-hybridized carbons (Fsp3) is 0.294. The number of para-hydroxylation sites is 1. The van der Waals surface area contributed by atoms with E-state index in [9.17, 15) is 0 Å². The van der Waals surface area contributed by atoms with Crippen LogP contribution in [0.4, 0.5) is 5.69 Å². The Morgan fingerprint density at radius 1 is 1.10 bits per heavy atom. The molecule has 2 aromatic rings. The molecule has 0 heterocycles. The van der Waals surface area contributed by atoms with Crippen LogP contribution in [0.2, 0.25) is 0 Å². The van der Waals surface area contributed by atoms with Crippen molar-refractivity contribution in [1.82, 2.24) is 0 Å². The molecule has 20 heavy (non-hydrogen) atoms. The summed E-state index contributed by atoms with van der Waals surface area (Å²) in [4.78, 5) is 1.15. The minimum atomic E-state index is 0.740. The molecule has 0 aliphatic heterocycles. The fourth-order valence-corrected chi connectivity index (χ4v) is 2.79. The van der Waals surface area contributed by atoms with E-state index in [2.05, 4.69) is 38.1 Å². The molecule has 0 aliphatic carbocycles. The van der Waals surface area contributed by atoms with Gasteiger partial charge in [-0.25, -0.2) is 0 Å². The summed E-state index contributed by atoms with van der Waals surface area (Å²) in [6, 6.07) is 14.3. The van der Waals surface area contributed by atoms with Crippen molar-refractivity contribution in [1.29, 1.82) is 0 Å². The first-order valence-corrected chi connectivity index (χ1v) is 7.83. The average molecular weight is 287 g/mol. The Kier molecular flexibility index (Phi) is 5.36. The number of hydrogen-bond acceptors (Lipinski definition) is 3. The fourth-order valence-electron chi connectivity index (χ4n) is 1.90. The van der Waals surface area contributed by atoms with Gasteiger partial charge in [0.1, 0.15) is 5.75 Å². The van der Waals surface area contributed by atoms with Gasteiger partial charge < -0.3 is 10.5 Å². The molecule has 2 rings (SSSR count). The van der Waals surface area contributed by atoms with Crippen LogP contribution in [-0.4, -0.2) is 12.4 Å². The molecule has 0 amide bonds. The lowest BCUT2D eigenvalue weighted by Gasteiger charge is -2.10. The SMILES string of the molecule is Cc1ccc(C)c(OCCCSc2ccccc2N)c1. The van der Waals surface area contributed by atoms with Crippen LogP contribution in [0.15, 0.2) is 47.4 Å². The highest BCUT2D eigenvalue weighted by molar-refractivity contribution is 7.99. The Labute approximate surface area is 125 Å². The third-order valence-corrected chi connectivity index (χ3v) is 4.24. The first-order valence-electron chi connectivity index (χ1n) is 6.84. The van der Waals surface area contributed by atoms with E-state index >= 15 is 0 Å². The molecule has 0 fully saturated rings. The molecule has 0 saturated carbocycles. The normalized spacial score (nSPS) is 10.5. The number of benzene rings is 2. The van der Waals surface area contributed by atoms with Gasteiger partial charge in [-0.1, -0.05) is 24.3 Å². The van der Waals surface area contributed by atoms with Crippen LogP contribution in [-0.2, 0) is 0 Å². The van der Waals surface area contributed by atoms with Crippen LogP contribution in [0.25, 0.3) is 0 Å². The van der Waals surface area contributed by atoms with Gasteiger partial charge in [0.05, 0.1) is 6.61 Å². The van der Waals surface area contributed by atoms with Gasteiger partial charge in [-0.3, -0.25) is 0 Å². The quantitative estimate of drug-likeness (QED) is 0.484. The van der Waals surface area contributed by atoms with Gasteiger partial charge in [-0.05, 0) is 49.6 Å². The molecule has 0 spiro atoms. The van der Waals surface area contributed by atoms with Gasteiger partial charge in [0.15, 0.2) is 0 Å². The summed E-state index contributed by atoms with van der Waals surface area (Å²) in [5.74, 6) is 2.01. The topological polar surface area (TPSA) is 35.2 Å². The number of thioether (sulfide) groups is 1. The number of anilines is 1. The van der Waals surface area contributed by atoms with Crippen LogP contribution in [0.3, 0.4) is 0 Å². The number of nitrogens with two attached hydrogens (primary N) is 1. The number of rotatable bonds is 6. The highest BCUT2D eigenvalue weighted by Gasteiger charge is 2.01. The molecular formula is C17H21NOS. The maximum Gasteiger partial charge on any atom is 0.122 e. The highest BCUT2D eigenvalue weighted by atomic mass is 32.2. The van der Waals surface area contributed by atoms with Crippen molar-refractivity contribution in [2.75, 3.05) is 18.1 Å². The third-order valence-electron chi connectivity index (χ3n) is 3.07. The minimum absolute atomic E-state index is 0.740. The van der Waals surface area contributed by atoms with E-state index in [1.807, 2.05) is 18.2 Å². The molecular weight excluding hydrogens is 266 g/mol. The molecule has 0 aromatic heterocycles. The number of aryl methyl sites for hydroxylation is 2. The Bertz CT molecular complexity index is 569. The van der Waals surface area contributed by atoms with Crippen molar-refractivity contribution < 1.29 is 4.74 Å². The molecule has 2 aromatic carbocycles. The van der Waals surface area contributed by atoms with Crippen LogP contribution in [0, 0.1) is 13.8 Å². The first kappa shape index (κ1) is 14.8. The molecule has 0 aliphatic rings. The van der Waals surface area contributed by atoms with E-state index in [4.69, 9.17) is 10.5 Å². The van der Waals surface area contributed by atoms with Gasteiger partial charge in [-0.15, -0.1) is 11.8 Å². The van der Waals surface area contributed by atoms with E-state index in [-0.39, 0.29) is 0 Å². The molecule has 2 nitrogen and oxygen atoms in total. The van der Waals surface area contributed by atoms with Crippen molar-refractivity contribution in [2.45, 2.75) is 25.2 Å². The van der Waals surface area contributed by atoms with E-state index in [0.29, 0.717) is 0 Å². The maximum absolute atomic E-state index is 5.91. The molecule has 0 unspecified atom stereocenters. The number of ether oxygens (including phenoxy) is 1. The lowest BCUT2D eigenvalue weighted by atomic mass is 10.1. The molecule has 3 heteroatoms. The second-order valence-corrected chi connectivity index (χ2v) is 5.99. The lowest BCUT2D eigenvalue weighted by Crippen LogP contribution is -2.00. The first-order chi connectivity index (χ1) is 9.66. The lowest BCUT2D eigenvalue weighted by molar-refractivity contribution is 0.316. The summed E-state index contributed by atoms with van der Waals surface area (Å²) in [5.41, 5.74) is 9.19. The minimum Gasteiger partial charge on any atom is -0.493 e. The van der Waals surface area contributed by atoms with Crippen molar-refractivity contribution in [3.05, 3.63) is 53.6 Å². The summed E-state index contributed by atoms with van der Waals surface area (Å²) in [6.07, 6.45) is 1.01. The van der Waals surface area contributed by atoms with Crippen molar-refractivity contribution >= 4 is 17.4 Å². The zero-order valence-electron chi connectivity index (χ0n) is 12.1. The van der Waals surface area contributed by atoms with Gasteiger partial charge in [-0.2, -0.15) is 0 Å². The standard InChI is InChI=1S/C17H21NOS/c1-13-8-9-14(2)16(12-13)19-10-5-11-20-17-7-4-3-6-15(17)18/h3-4,6-9,12H,5,10-11,18H2,1-2H3. The Morgan fingerprint density at radius 3 is 2.70 bits per heavy atom.